The van der Waals surface area contributed by atoms with Crippen LogP contribution in [0.4, 0.5) is 5.82 Å². The molecule has 0 radical (unpaired) electrons. The largest absolute Gasteiger partial charge is 0.264 e. The highest BCUT2D eigenvalue weighted by molar-refractivity contribution is 7.92. The Kier molecular flexibility index (Phi) is 4.19. The molecular formula is C16H12Cl2N2O2S. The number of aryl methyl sites for hydroxylation is 1. The standard InChI is InChI=1S/C16H12Cl2N2O2S/c1-10-8-15(13(18)9-12(10)17)23(21,22)20-16-7-6-11-4-2-3-5-14(11)19-16/h2-9H,1H3,(H,19,20). The molecule has 0 aliphatic carbocycles. The molecule has 1 N–H and O–H groups in total. The molecule has 0 amide bonds. The number of hydrogen-bond acceptors (Lipinski definition) is 3. The van der Waals surface area contributed by atoms with Crippen molar-refractivity contribution in [2.45, 2.75) is 11.8 Å². The van der Waals surface area contributed by atoms with Crippen molar-refractivity contribution in [2.24, 2.45) is 0 Å². The second-order valence-electron chi connectivity index (χ2n) is 5.03. The van der Waals surface area contributed by atoms with E-state index in [-0.39, 0.29) is 15.7 Å². The summed E-state index contributed by atoms with van der Waals surface area (Å²) in [5.41, 5.74) is 1.33. The van der Waals surface area contributed by atoms with E-state index in [2.05, 4.69) is 9.71 Å². The van der Waals surface area contributed by atoms with Crippen LogP contribution in [0.3, 0.4) is 0 Å². The maximum Gasteiger partial charge on any atom is 0.264 e. The lowest BCUT2D eigenvalue weighted by Gasteiger charge is -2.11. The van der Waals surface area contributed by atoms with Crippen LogP contribution in [0.1, 0.15) is 5.56 Å². The van der Waals surface area contributed by atoms with Gasteiger partial charge in [0.25, 0.3) is 10.0 Å². The van der Waals surface area contributed by atoms with Gasteiger partial charge in [0.05, 0.1) is 10.5 Å². The van der Waals surface area contributed by atoms with E-state index in [9.17, 15) is 8.42 Å². The number of benzene rings is 2. The van der Waals surface area contributed by atoms with Gasteiger partial charge in [-0.2, -0.15) is 0 Å². The summed E-state index contributed by atoms with van der Waals surface area (Å²) >= 11 is 12.0. The number of rotatable bonds is 3. The summed E-state index contributed by atoms with van der Waals surface area (Å²) in [6.07, 6.45) is 0. The molecule has 0 bridgehead atoms. The monoisotopic (exact) mass is 366 g/mol. The number of para-hydroxylation sites is 1. The van der Waals surface area contributed by atoms with Crippen molar-refractivity contribution in [3.8, 4) is 0 Å². The van der Waals surface area contributed by atoms with Crippen LogP contribution >= 0.6 is 23.2 Å². The van der Waals surface area contributed by atoms with Crippen molar-refractivity contribution >= 4 is 49.9 Å². The summed E-state index contributed by atoms with van der Waals surface area (Å²) in [7, 11) is -3.85. The lowest BCUT2D eigenvalue weighted by molar-refractivity contribution is 0.601. The van der Waals surface area contributed by atoms with Crippen molar-refractivity contribution in [2.75, 3.05) is 4.72 Å². The average molecular weight is 367 g/mol. The molecule has 0 saturated heterocycles. The van der Waals surface area contributed by atoms with Crippen LogP contribution < -0.4 is 4.72 Å². The van der Waals surface area contributed by atoms with Gasteiger partial charge >= 0.3 is 0 Å². The average Bonchev–Trinajstić information content (AvgIpc) is 2.50. The van der Waals surface area contributed by atoms with E-state index in [0.717, 1.165) is 5.39 Å². The van der Waals surface area contributed by atoms with Crippen LogP contribution in [0, 0.1) is 6.92 Å². The second-order valence-corrected chi connectivity index (χ2v) is 7.49. The zero-order valence-corrected chi connectivity index (χ0v) is 14.4. The number of nitrogens with zero attached hydrogens (tertiary/aromatic N) is 1. The normalized spacial score (nSPS) is 11.6. The zero-order chi connectivity index (χ0) is 16.6. The third-order valence-corrected chi connectivity index (χ3v) is 5.57. The van der Waals surface area contributed by atoms with Crippen molar-refractivity contribution in [1.82, 2.24) is 4.98 Å². The lowest BCUT2D eigenvalue weighted by Crippen LogP contribution is -2.14. The van der Waals surface area contributed by atoms with Crippen LogP contribution in [-0.2, 0) is 10.0 Å². The molecule has 23 heavy (non-hydrogen) atoms. The molecule has 2 aromatic carbocycles. The third-order valence-electron chi connectivity index (χ3n) is 3.34. The summed E-state index contributed by atoms with van der Waals surface area (Å²) in [6, 6.07) is 13.7. The third kappa shape index (κ3) is 3.27. The van der Waals surface area contributed by atoms with Gasteiger partial charge in [-0.3, -0.25) is 4.72 Å². The van der Waals surface area contributed by atoms with Gasteiger partial charge in [-0.25, -0.2) is 13.4 Å². The summed E-state index contributed by atoms with van der Waals surface area (Å²) in [4.78, 5) is 4.26. The Balaban J connectivity index is 2.01. The van der Waals surface area contributed by atoms with E-state index < -0.39 is 10.0 Å². The number of aromatic nitrogens is 1. The molecule has 0 saturated carbocycles. The fourth-order valence-electron chi connectivity index (χ4n) is 2.15. The molecule has 3 rings (SSSR count). The smallest absolute Gasteiger partial charge is 0.263 e. The maximum atomic E-state index is 12.5. The highest BCUT2D eigenvalue weighted by atomic mass is 35.5. The lowest BCUT2D eigenvalue weighted by atomic mass is 10.2. The molecule has 1 aromatic heterocycles. The Morgan fingerprint density at radius 1 is 1.00 bits per heavy atom. The van der Waals surface area contributed by atoms with Crippen molar-refractivity contribution in [3.63, 3.8) is 0 Å². The molecule has 0 atom stereocenters. The summed E-state index contributed by atoms with van der Waals surface area (Å²) in [5, 5.41) is 1.41. The molecule has 0 aliphatic rings. The molecule has 3 aromatic rings. The minimum absolute atomic E-state index is 0.0315. The minimum atomic E-state index is -3.85. The zero-order valence-electron chi connectivity index (χ0n) is 12.0. The number of nitrogens with one attached hydrogen (secondary N) is 1. The molecule has 7 heteroatoms. The highest BCUT2D eigenvalue weighted by Gasteiger charge is 2.20. The summed E-state index contributed by atoms with van der Waals surface area (Å²) < 4.78 is 27.5. The van der Waals surface area contributed by atoms with E-state index in [1.807, 2.05) is 24.3 Å². The van der Waals surface area contributed by atoms with Crippen LogP contribution in [0.25, 0.3) is 10.9 Å². The Hall–Kier alpha value is -1.82. The Morgan fingerprint density at radius 3 is 2.52 bits per heavy atom. The SMILES string of the molecule is Cc1cc(S(=O)(=O)Nc2ccc3ccccc3n2)c(Cl)cc1Cl. The van der Waals surface area contributed by atoms with E-state index in [0.29, 0.717) is 16.1 Å². The predicted octanol–water partition coefficient (Wildman–Crippen LogP) is 4.65. The number of halogens is 2. The minimum Gasteiger partial charge on any atom is -0.263 e. The molecule has 0 fully saturated rings. The van der Waals surface area contributed by atoms with E-state index in [1.54, 1.807) is 19.1 Å². The topological polar surface area (TPSA) is 59.1 Å². The summed E-state index contributed by atoms with van der Waals surface area (Å²) in [5.74, 6) is 0.229. The molecule has 4 nitrogen and oxygen atoms in total. The van der Waals surface area contributed by atoms with Gasteiger partial charge in [0.2, 0.25) is 0 Å². The van der Waals surface area contributed by atoms with Gasteiger partial charge in [0.15, 0.2) is 0 Å². The number of pyridine rings is 1. The maximum absolute atomic E-state index is 12.5. The first-order valence-corrected chi connectivity index (χ1v) is 8.95. The predicted molar refractivity (Wildman–Crippen MR) is 93.8 cm³/mol. The number of hydrogen-bond donors (Lipinski definition) is 1. The van der Waals surface area contributed by atoms with Gasteiger partial charge < -0.3 is 0 Å². The van der Waals surface area contributed by atoms with Gasteiger partial charge in [-0.1, -0.05) is 41.4 Å². The number of sulfonamides is 1. The van der Waals surface area contributed by atoms with Crippen molar-refractivity contribution in [1.29, 1.82) is 0 Å². The summed E-state index contributed by atoms with van der Waals surface area (Å²) in [6.45, 7) is 1.71. The molecule has 1 heterocycles. The fourth-order valence-corrected chi connectivity index (χ4v) is 3.99. The fraction of sp³-hybridized carbons (Fsp3) is 0.0625. The first-order valence-electron chi connectivity index (χ1n) is 6.71. The Morgan fingerprint density at radius 2 is 1.74 bits per heavy atom. The van der Waals surface area contributed by atoms with E-state index in [1.165, 1.54) is 12.1 Å². The van der Waals surface area contributed by atoms with Gasteiger partial charge in [-0.15, -0.1) is 0 Å². The Bertz CT molecular complexity index is 1000. The van der Waals surface area contributed by atoms with Crippen LogP contribution in [-0.4, -0.2) is 13.4 Å². The van der Waals surface area contributed by atoms with Gasteiger partial charge in [-0.05, 0) is 42.8 Å². The van der Waals surface area contributed by atoms with Gasteiger partial charge in [0.1, 0.15) is 10.7 Å². The molecule has 0 unspecified atom stereocenters. The first-order chi connectivity index (χ1) is 10.9. The highest BCUT2D eigenvalue weighted by Crippen LogP contribution is 2.29. The van der Waals surface area contributed by atoms with E-state index >= 15 is 0 Å². The molecular weight excluding hydrogens is 355 g/mol. The van der Waals surface area contributed by atoms with Crippen LogP contribution in [0.2, 0.25) is 10.0 Å². The Labute approximate surface area is 144 Å². The van der Waals surface area contributed by atoms with Crippen LogP contribution in [0.5, 0.6) is 0 Å². The first kappa shape index (κ1) is 16.1. The molecule has 0 spiro atoms. The second kappa shape index (κ2) is 6.00. The quantitative estimate of drug-likeness (QED) is 0.733. The van der Waals surface area contributed by atoms with Crippen molar-refractivity contribution < 1.29 is 8.42 Å². The number of anilines is 1. The van der Waals surface area contributed by atoms with Gasteiger partial charge in [0, 0.05) is 10.4 Å². The molecule has 0 aliphatic heterocycles. The van der Waals surface area contributed by atoms with E-state index in [4.69, 9.17) is 23.2 Å². The number of fused-ring (bicyclic) bond motifs is 1. The van der Waals surface area contributed by atoms with Crippen molar-refractivity contribution in [3.05, 3.63) is 64.1 Å². The molecule has 118 valence electrons. The van der Waals surface area contributed by atoms with Crippen LogP contribution in [0.15, 0.2) is 53.4 Å².